The molecule has 3 atom stereocenters. The third kappa shape index (κ3) is 3.72. The molecule has 1 heterocycles. The van der Waals surface area contributed by atoms with Crippen molar-refractivity contribution in [1.29, 1.82) is 0 Å². The standard InChI is InChI=1S/C13H25NO2/c1-15-12-4-2-5-13(10-12)16-11-6-3-8-14-9-7-11/h11-14H,2-10H2,1H3. The first-order chi connectivity index (χ1) is 7.88. The van der Waals surface area contributed by atoms with Crippen LogP contribution >= 0.6 is 0 Å². The minimum atomic E-state index is 0.433. The Hall–Kier alpha value is -0.120. The fraction of sp³-hybridized carbons (Fsp3) is 1.00. The fourth-order valence-electron chi connectivity index (χ4n) is 2.84. The molecule has 1 saturated carbocycles. The van der Waals surface area contributed by atoms with Gasteiger partial charge in [0.25, 0.3) is 0 Å². The summed E-state index contributed by atoms with van der Waals surface area (Å²) in [6.45, 7) is 2.27. The highest BCUT2D eigenvalue weighted by atomic mass is 16.5. The van der Waals surface area contributed by atoms with E-state index in [1.165, 1.54) is 38.5 Å². The number of nitrogens with one attached hydrogen (secondary N) is 1. The van der Waals surface area contributed by atoms with Crippen LogP contribution in [-0.4, -0.2) is 38.5 Å². The smallest absolute Gasteiger partial charge is 0.0603 e. The first-order valence-electron chi connectivity index (χ1n) is 6.77. The molecule has 0 amide bonds. The largest absolute Gasteiger partial charge is 0.381 e. The molecule has 1 aliphatic heterocycles. The van der Waals surface area contributed by atoms with Crippen LogP contribution < -0.4 is 5.32 Å². The van der Waals surface area contributed by atoms with E-state index in [2.05, 4.69) is 5.32 Å². The second-order valence-electron chi connectivity index (χ2n) is 5.09. The maximum Gasteiger partial charge on any atom is 0.0603 e. The molecule has 2 rings (SSSR count). The van der Waals surface area contributed by atoms with E-state index in [1.807, 2.05) is 7.11 Å². The Morgan fingerprint density at radius 3 is 2.56 bits per heavy atom. The van der Waals surface area contributed by atoms with E-state index >= 15 is 0 Å². The van der Waals surface area contributed by atoms with Gasteiger partial charge >= 0.3 is 0 Å². The van der Waals surface area contributed by atoms with Crippen LogP contribution in [0.5, 0.6) is 0 Å². The Morgan fingerprint density at radius 2 is 1.69 bits per heavy atom. The summed E-state index contributed by atoms with van der Waals surface area (Å²) in [4.78, 5) is 0. The summed E-state index contributed by atoms with van der Waals surface area (Å²) in [7, 11) is 1.82. The highest BCUT2D eigenvalue weighted by Crippen LogP contribution is 2.25. The maximum absolute atomic E-state index is 6.22. The number of methoxy groups -OCH3 is 1. The van der Waals surface area contributed by atoms with Crippen molar-refractivity contribution in [3.05, 3.63) is 0 Å². The number of hydrogen-bond donors (Lipinski definition) is 1. The van der Waals surface area contributed by atoms with Crippen LogP contribution in [0.15, 0.2) is 0 Å². The third-order valence-corrected chi connectivity index (χ3v) is 3.82. The van der Waals surface area contributed by atoms with Crippen molar-refractivity contribution in [3.63, 3.8) is 0 Å². The molecule has 0 spiro atoms. The molecule has 3 nitrogen and oxygen atoms in total. The van der Waals surface area contributed by atoms with Crippen molar-refractivity contribution >= 4 is 0 Å². The van der Waals surface area contributed by atoms with E-state index in [-0.39, 0.29) is 0 Å². The summed E-state index contributed by atoms with van der Waals surface area (Å²) in [6, 6.07) is 0. The summed E-state index contributed by atoms with van der Waals surface area (Å²) in [5.74, 6) is 0. The zero-order chi connectivity index (χ0) is 11.2. The van der Waals surface area contributed by atoms with Crippen LogP contribution in [0.4, 0.5) is 0 Å². The Balaban J connectivity index is 1.74. The quantitative estimate of drug-likeness (QED) is 0.801. The van der Waals surface area contributed by atoms with E-state index in [0.717, 1.165) is 19.5 Å². The van der Waals surface area contributed by atoms with Gasteiger partial charge in [-0.05, 0) is 58.0 Å². The topological polar surface area (TPSA) is 30.5 Å². The molecule has 0 aromatic heterocycles. The van der Waals surface area contributed by atoms with Crippen molar-refractivity contribution in [1.82, 2.24) is 5.32 Å². The molecule has 1 aliphatic carbocycles. The molecule has 1 N–H and O–H groups in total. The highest BCUT2D eigenvalue weighted by Gasteiger charge is 2.25. The van der Waals surface area contributed by atoms with Gasteiger partial charge in [0, 0.05) is 7.11 Å². The van der Waals surface area contributed by atoms with E-state index in [1.54, 1.807) is 0 Å². The number of rotatable bonds is 3. The first-order valence-corrected chi connectivity index (χ1v) is 6.77. The molecule has 1 saturated heterocycles. The second-order valence-corrected chi connectivity index (χ2v) is 5.09. The van der Waals surface area contributed by atoms with Gasteiger partial charge in [-0.3, -0.25) is 0 Å². The highest BCUT2D eigenvalue weighted by molar-refractivity contribution is 4.76. The molecule has 0 aromatic rings. The molecule has 0 radical (unpaired) electrons. The van der Waals surface area contributed by atoms with Gasteiger partial charge in [-0.15, -0.1) is 0 Å². The van der Waals surface area contributed by atoms with Crippen molar-refractivity contribution in [2.75, 3.05) is 20.2 Å². The van der Waals surface area contributed by atoms with E-state index in [0.29, 0.717) is 18.3 Å². The van der Waals surface area contributed by atoms with Gasteiger partial charge in [-0.25, -0.2) is 0 Å². The molecule has 2 fully saturated rings. The SMILES string of the molecule is COC1CCCC(OC2CCCNCC2)C1. The van der Waals surface area contributed by atoms with Crippen LogP contribution in [0.1, 0.15) is 44.9 Å². The lowest BCUT2D eigenvalue weighted by Crippen LogP contribution is -2.31. The van der Waals surface area contributed by atoms with Crippen molar-refractivity contribution in [2.24, 2.45) is 0 Å². The molecule has 2 aliphatic rings. The Labute approximate surface area is 98.9 Å². The molecular formula is C13H25NO2. The third-order valence-electron chi connectivity index (χ3n) is 3.82. The van der Waals surface area contributed by atoms with Gasteiger partial charge in [0.15, 0.2) is 0 Å². The summed E-state index contributed by atoms with van der Waals surface area (Å²) in [5.41, 5.74) is 0. The average Bonchev–Trinajstić information content (AvgIpc) is 2.58. The van der Waals surface area contributed by atoms with Gasteiger partial charge in [-0.2, -0.15) is 0 Å². The van der Waals surface area contributed by atoms with Crippen LogP contribution in [0, 0.1) is 0 Å². The Kier molecular flexibility index (Phi) is 5.07. The van der Waals surface area contributed by atoms with Gasteiger partial charge < -0.3 is 14.8 Å². The van der Waals surface area contributed by atoms with Crippen LogP contribution in [0.3, 0.4) is 0 Å². The molecule has 94 valence electrons. The first kappa shape index (κ1) is 12.3. The lowest BCUT2D eigenvalue weighted by Gasteiger charge is -2.31. The molecule has 0 bridgehead atoms. The van der Waals surface area contributed by atoms with Crippen molar-refractivity contribution in [2.45, 2.75) is 63.3 Å². The zero-order valence-electron chi connectivity index (χ0n) is 10.4. The summed E-state index contributed by atoms with van der Waals surface area (Å²) in [5, 5.41) is 3.43. The minimum absolute atomic E-state index is 0.433. The predicted molar refractivity (Wildman–Crippen MR) is 64.6 cm³/mol. The molecule has 0 aromatic carbocycles. The predicted octanol–water partition coefficient (Wildman–Crippen LogP) is 2.10. The zero-order valence-corrected chi connectivity index (χ0v) is 10.4. The lowest BCUT2D eigenvalue weighted by molar-refractivity contribution is -0.0678. The summed E-state index contributed by atoms with van der Waals surface area (Å²) in [6.07, 6.45) is 9.81. The Morgan fingerprint density at radius 1 is 0.875 bits per heavy atom. The Bertz CT molecular complexity index is 190. The van der Waals surface area contributed by atoms with Crippen LogP contribution in [-0.2, 0) is 9.47 Å². The maximum atomic E-state index is 6.22. The minimum Gasteiger partial charge on any atom is -0.381 e. The lowest BCUT2D eigenvalue weighted by atomic mass is 9.94. The van der Waals surface area contributed by atoms with Gasteiger partial charge in [0.05, 0.1) is 18.3 Å². The summed E-state index contributed by atoms with van der Waals surface area (Å²) < 4.78 is 11.7. The van der Waals surface area contributed by atoms with Gasteiger partial charge in [-0.1, -0.05) is 0 Å². The molecule has 3 unspecified atom stereocenters. The molecular weight excluding hydrogens is 202 g/mol. The normalized spacial score (nSPS) is 36.9. The second kappa shape index (κ2) is 6.58. The van der Waals surface area contributed by atoms with E-state index < -0.39 is 0 Å². The molecule has 3 heteroatoms. The summed E-state index contributed by atoms with van der Waals surface area (Å²) >= 11 is 0. The average molecular weight is 227 g/mol. The van der Waals surface area contributed by atoms with Gasteiger partial charge in [0.2, 0.25) is 0 Å². The van der Waals surface area contributed by atoms with Crippen LogP contribution in [0.25, 0.3) is 0 Å². The van der Waals surface area contributed by atoms with Crippen molar-refractivity contribution < 1.29 is 9.47 Å². The van der Waals surface area contributed by atoms with E-state index in [9.17, 15) is 0 Å². The monoisotopic (exact) mass is 227 g/mol. The van der Waals surface area contributed by atoms with Crippen LogP contribution in [0.2, 0.25) is 0 Å². The number of hydrogen-bond acceptors (Lipinski definition) is 3. The molecule has 16 heavy (non-hydrogen) atoms. The fourth-order valence-corrected chi connectivity index (χ4v) is 2.84. The van der Waals surface area contributed by atoms with Gasteiger partial charge in [0.1, 0.15) is 0 Å². The van der Waals surface area contributed by atoms with E-state index in [4.69, 9.17) is 9.47 Å². The number of ether oxygens (including phenoxy) is 2. The van der Waals surface area contributed by atoms with Crippen molar-refractivity contribution in [3.8, 4) is 0 Å².